The molecule has 1 saturated heterocycles. The van der Waals surface area contributed by atoms with Crippen molar-refractivity contribution in [3.05, 3.63) is 88.0 Å². The van der Waals surface area contributed by atoms with E-state index in [0.717, 1.165) is 21.4 Å². The van der Waals surface area contributed by atoms with Gasteiger partial charge in [0, 0.05) is 5.56 Å². The predicted octanol–water partition coefficient (Wildman–Crippen LogP) is 5.87. The van der Waals surface area contributed by atoms with Crippen LogP contribution in [0.2, 0.25) is 0 Å². The van der Waals surface area contributed by atoms with Crippen LogP contribution in [-0.2, 0) is 9.59 Å². The molecule has 1 fully saturated rings. The molecule has 1 unspecified atom stereocenters. The van der Waals surface area contributed by atoms with Gasteiger partial charge in [-0.05, 0) is 67.8 Å². The number of aromatic nitrogens is 1. The standard InChI is InChI=1S/C29H26N2O5S/c1-15-7-6-8-18(11-15)25-24(26(32)20-12-17(3)22(36-5)13-16(20)2)27(33)28(34)31(25)29-30-21-10-9-19(35-4)14-23(21)37-29/h6-14,25,32H,1-5H3/b26-24+. The molecule has 1 aromatic heterocycles. The van der Waals surface area contributed by atoms with E-state index in [2.05, 4.69) is 4.98 Å². The molecular weight excluding hydrogens is 488 g/mol. The highest BCUT2D eigenvalue weighted by molar-refractivity contribution is 7.22. The molecule has 1 atom stereocenters. The largest absolute Gasteiger partial charge is 0.507 e. The number of fused-ring (bicyclic) bond motifs is 1. The predicted molar refractivity (Wildman–Crippen MR) is 145 cm³/mol. The first-order chi connectivity index (χ1) is 17.7. The number of hydrogen-bond donors (Lipinski definition) is 1. The first kappa shape index (κ1) is 24.5. The molecule has 37 heavy (non-hydrogen) atoms. The zero-order valence-corrected chi connectivity index (χ0v) is 22.0. The minimum Gasteiger partial charge on any atom is -0.507 e. The number of benzene rings is 3. The summed E-state index contributed by atoms with van der Waals surface area (Å²) in [6, 6.07) is 15.8. The Labute approximate surface area is 218 Å². The molecule has 0 spiro atoms. The maximum Gasteiger partial charge on any atom is 0.301 e. The van der Waals surface area contributed by atoms with Crippen molar-refractivity contribution < 1.29 is 24.2 Å². The van der Waals surface area contributed by atoms with Crippen LogP contribution in [0.25, 0.3) is 16.0 Å². The van der Waals surface area contributed by atoms with Gasteiger partial charge in [0.05, 0.1) is 36.1 Å². The van der Waals surface area contributed by atoms with Crippen molar-refractivity contribution in [2.75, 3.05) is 19.1 Å². The minimum atomic E-state index is -0.843. The van der Waals surface area contributed by atoms with Crippen LogP contribution in [0.5, 0.6) is 11.5 Å². The first-order valence-electron chi connectivity index (χ1n) is 11.7. The Kier molecular flexibility index (Phi) is 6.21. The summed E-state index contributed by atoms with van der Waals surface area (Å²) in [6.45, 7) is 5.63. The number of Topliss-reactive ketones (excluding diaryl/α,β-unsaturated/α-hetero) is 1. The second kappa shape index (κ2) is 9.37. The number of carbonyl (C=O) groups is 2. The number of anilines is 1. The normalized spacial score (nSPS) is 17.0. The number of ketones is 1. The third kappa shape index (κ3) is 4.13. The van der Waals surface area contributed by atoms with E-state index in [1.165, 1.54) is 16.2 Å². The van der Waals surface area contributed by atoms with Crippen molar-refractivity contribution in [3.63, 3.8) is 0 Å². The van der Waals surface area contributed by atoms with Gasteiger partial charge in [-0.3, -0.25) is 14.5 Å². The minimum absolute atomic E-state index is 0.0279. The fourth-order valence-corrected chi connectivity index (χ4v) is 5.74. The molecule has 0 aliphatic carbocycles. The Hall–Kier alpha value is -4.17. The lowest BCUT2D eigenvalue weighted by atomic mass is 9.92. The number of aryl methyl sites for hydroxylation is 3. The van der Waals surface area contributed by atoms with Crippen LogP contribution in [0, 0.1) is 20.8 Å². The van der Waals surface area contributed by atoms with Gasteiger partial charge in [0.1, 0.15) is 17.3 Å². The lowest BCUT2D eigenvalue weighted by molar-refractivity contribution is -0.132. The molecule has 7 nitrogen and oxygen atoms in total. The molecular formula is C29H26N2O5S. The zero-order valence-electron chi connectivity index (χ0n) is 21.2. The number of amides is 1. The highest BCUT2D eigenvalue weighted by Gasteiger charge is 2.48. The molecule has 4 aromatic rings. The van der Waals surface area contributed by atoms with E-state index in [9.17, 15) is 14.7 Å². The van der Waals surface area contributed by atoms with Gasteiger partial charge in [-0.15, -0.1) is 0 Å². The second-order valence-corrected chi connectivity index (χ2v) is 10.1. The molecule has 8 heteroatoms. The summed E-state index contributed by atoms with van der Waals surface area (Å²) < 4.78 is 11.6. The van der Waals surface area contributed by atoms with Crippen molar-refractivity contribution in [1.82, 2.24) is 4.98 Å². The van der Waals surface area contributed by atoms with Crippen molar-refractivity contribution in [1.29, 1.82) is 0 Å². The Morgan fingerprint density at radius 3 is 2.46 bits per heavy atom. The third-order valence-electron chi connectivity index (χ3n) is 6.59. The molecule has 1 amide bonds. The average molecular weight is 515 g/mol. The summed E-state index contributed by atoms with van der Waals surface area (Å²) in [5.41, 5.74) is 4.39. The summed E-state index contributed by atoms with van der Waals surface area (Å²) in [4.78, 5) is 33.1. The highest BCUT2D eigenvalue weighted by atomic mass is 32.1. The third-order valence-corrected chi connectivity index (χ3v) is 7.61. The number of methoxy groups -OCH3 is 2. The van der Waals surface area contributed by atoms with Gasteiger partial charge < -0.3 is 14.6 Å². The van der Waals surface area contributed by atoms with Gasteiger partial charge in [-0.25, -0.2) is 4.98 Å². The van der Waals surface area contributed by atoms with Gasteiger partial charge in [0.2, 0.25) is 0 Å². The Morgan fingerprint density at radius 1 is 0.973 bits per heavy atom. The van der Waals surface area contributed by atoms with Gasteiger partial charge in [-0.2, -0.15) is 0 Å². The molecule has 2 heterocycles. The van der Waals surface area contributed by atoms with E-state index in [4.69, 9.17) is 9.47 Å². The first-order valence-corrected chi connectivity index (χ1v) is 12.5. The van der Waals surface area contributed by atoms with Crippen LogP contribution in [0.4, 0.5) is 5.13 Å². The highest BCUT2D eigenvalue weighted by Crippen LogP contribution is 2.45. The van der Waals surface area contributed by atoms with E-state index >= 15 is 0 Å². The summed E-state index contributed by atoms with van der Waals surface area (Å²) in [5, 5.41) is 11.9. The zero-order chi connectivity index (χ0) is 26.4. The van der Waals surface area contributed by atoms with Gasteiger partial charge in [0.15, 0.2) is 5.13 Å². The number of rotatable bonds is 5. The number of carbonyl (C=O) groups excluding carboxylic acids is 2. The van der Waals surface area contributed by atoms with Crippen LogP contribution >= 0.6 is 11.3 Å². The number of aliphatic hydroxyl groups excluding tert-OH is 1. The number of aliphatic hydroxyl groups is 1. The fraction of sp³-hybridized carbons (Fsp3) is 0.207. The smallest absolute Gasteiger partial charge is 0.301 e. The number of nitrogens with zero attached hydrogens (tertiary/aromatic N) is 2. The molecule has 5 rings (SSSR count). The number of ether oxygens (including phenoxy) is 2. The van der Waals surface area contributed by atoms with Crippen LogP contribution in [0.1, 0.15) is 33.9 Å². The van der Waals surface area contributed by atoms with Gasteiger partial charge in [-0.1, -0.05) is 41.2 Å². The second-order valence-electron chi connectivity index (χ2n) is 9.05. The molecule has 0 saturated carbocycles. The molecule has 1 aliphatic rings. The van der Waals surface area contributed by atoms with E-state index in [1.54, 1.807) is 26.4 Å². The molecule has 0 bridgehead atoms. The number of hydrogen-bond acceptors (Lipinski definition) is 7. The van der Waals surface area contributed by atoms with E-state index in [-0.39, 0.29) is 11.3 Å². The average Bonchev–Trinajstić information content (AvgIpc) is 3.42. The summed E-state index contributed by atoms with van der Waals surface area (Å²) in [5.74, 6) is -0.367. The summed E-state index contributed by atoms with van der Waals surface area (Å²) in [6.07, 6.45) is 0. The van der Waals surface area contributed by atoms with Crippen molar-refractivity contribution >= 4 is 44.1 Å². The maximum atomic E-state index is 13.5. The van der Waals surface area contributed by atoms with Gasteiger partial charge >= 0.3 is 5.91 Å². The van der Waals surface area contributed by atoms with Crippen LogP contribution in [-0.4, -0.2) is 36.0 Å². The molecule has 188 valence electrons. The molecule has 0 radical (unpaired) electrons. The summed E-state index contributed by atoms with van der Waals surface area (Å²) in [7, 11) is 3.17. The van der Waals surface area contributed by atoms with Crippen LogP contribution < -0.4 is 14.4 Å². The van der Waals surface area contributed by atoms with E-state index in [0.29, 0.717) is 33.3 Å². The SMILES string of the molecule is COc1ccc2nc(N3C(=O)C(=O)/C(=C(/O)c4cc(C)c(OC)cc4C)C3c3cccc(C)c3)sc2c1. The van der Waals surface area contributed by atoms with Crippen molar-refractivity contribution in [2.24, 2.45) is 0 Å². The van der Waals surface area contributed by atoms with Crippen LogP contribution in [0.3, 0.4) is 0 Å². The Morgan fingerprint density at radius 2 is 1.76 bits per heavy atom. The quantitative estimate of drug-likeness (QED) is 0.204. The number of thiazole rings is 1. The summed E-state index contributed by atoms with van der Waals surface area (Å²) >= 11 is 1.29. The Bertz CT molecular complexity index is 1600. The van der Waals surface area contributed by atoms with Gasteiger partial charge in [0.25, 0.3) is 5.78 Å². The van der Waals surface area contributed by atoms with Crippen LogP contribution in [0.15, 0.2) is 60.2 Å². The monoisotopic (exact) mass is 514 g/mol. The molecule has 1 aliphatic heterocycles. The van der Waals surface area contributed by atoms with E-state index in [1.807, 2.05) is 63.2 Å². The fourth-order valence-electron chi connectivity index (χ4n) is 4.72. The van der Waals surface area contributed by atoms with E-state index < -0.39 is 17.7 Å². The van der Waals surface area contributed by atoms with Crippen molar-refractivity contribution in [2.45, 2.75) is 26.8 Å². The van der Waals surface area contributed by atoms with Crippen molar-refractivity contribution in [3.8, 4) is 11.5 Å². The lowest BCUT2D eigenvalue weighted by Gasteiger charge is -2.23. The molecule has 1 N–H and O–H groups in total. The lowest BCUT2D eigenvalue weighted by Crippen LogP contribution is -2.29. The topological polar surface area (TPSA) is 89.0 Å². The maximum absolute atomic E-state index is 13.5. The Balaban J connectivity index is 1.74. The molecule has 3 aromatic carbocycles.